The fraction of sp³-hybridized carbons (Fsp3) is 0.308. The monoisotopic (exact) mass is 292 g/mol. The second-order valence-electron chi connectivity index (χ2n) is 4.45. The van der Waals surface area contributed by atoms with E-state index in [0.29, 0.717) is 0 Å². The van der Waals surface area contributed by atoms with Gasteiger partial charge in [-0.05, 0) is 37.0 Å². The highest BCUT2D eigenvalue weighted by atomic mass is 79.9. The van der Waals surface area contributed by atoms with E-state index >= 15 is 0 Å². The zero-order chi connectivity index (χ0) is 12.0. The first kappa shape index (κ1) is 10.8. The molecule has 1 heterocycles. The van der Waals surface area contributed by atoms with Crippen molar-refractivity contribution in [3.05, 3.63) is 33.9 Å². The van der Waals surface area contributed by atoms with Crippen LogP contribution in [0.2, 0.25) is 0 Å². The van der Waals surface area contributed by atoms with Gasteiger partial charge in [-0.15, -0.1) is 0 Å². The van der Waals surface area contributed by atoms with Crippen LogP contribution in [0.5, 0.6) is 0 Å². The molecule has 0 amide bonds. The first-order valence-corrected chi connectivity index (χ1v) is 6.50. The number of nitrogens with zero attached hydrogens (tertiary/aromatic N) is 2. The summed E-state index contributed by atoms with van der Waals surface area (Å²) < 4.78 is 3.20. The van der Waals surface area contributed by atoms with E-state index in [1.807, 2.05) is 7.05 Å². The van der Waals surface area contributed by atoms with Crippen LogP contribution in [0, 0.1) is 0 Å². The molecule has 3 nitrogen and oxygen atoms in total. The van der Waals surface area contributed by atoms with Gasteiger partial charge >= 0.3 is 0 Å². The molecule has 1 N–H and O–H groups in total. The molecular formula is C13H13BrN2O. The fourth-order valence-electron chi connectivity index (χ4n) is 2.76. The third-order valence-electron chi connectivity index (χ3n) is 3.50. The summed E-state index contributed by atoms with van der Waals surface area (Å²) in [7, 11) is 2.03. The summed E-state index contributed by atoms with van der Waals surface area (Å²) in [5.74, 6) is 0. The maximum absolute atomic E-state index is 9.11. The SMILES string of the molecule is Cn1c2c(c3ccc(Br)cc31)CCC/C2=N\O. The minimum absolute atomic E-state index is 0.807. The van der Waals surface area contributed by atoms with Gasteiger partial charge in [0.05, 0.1) is 5.69 Å². The molecule has 88 valence electrons. The Morgan fingerprint density at radius 3 is 2.94 bits per heavy atom. The molecular weight excluding hydrogens is 280 g/mol. The standard InChI is InChI=1S/C13H13BrN2O/c1-16-12-7-8(14)5-6-9(12)10-3-2-4-11(15-17)13(10)16/h5-7,17H,2-4H2,1H3/b15-11+. The lowest BCUT2D eigenvalue weighted by Gasteiger charge is -2.14. The van der Waals surface area contributed by atoms with Crippen LogP contribution in [0.4, 0.5) is 0 Å². The molecule has 0 spiro atoms. The molecule has 1 aromatic heterocycles. The summed E-state index contributed by atoms with van der Waals surface area (Å²) in [6.07, 6.45) is 2.98. The molecule has 0 saturated heterocycles. The van der Waals surface area contributed by atoms with Crippen molar-refractivity contribution in [3.8, 4) is 0 Å². The number of aryl methyl sites for hydroxylation is 2. The molecule has 0 unspecified atom stereocenters. The maximum Gasteiger partial charge on any atom is 0.103 e. The van der Waals surface area contributed by atoms with Crippen LogP contribution in [0.3, 0.4) is 0 Å². The van der Waals surface area contributed by atoms with E-state index in [1.165, 1.54) is 16.5 Å². The number of fused-ring (bicyclic) bond motifs is 3. The Bertz CT molecular complexity index is 628. The highest BCUT2D eigenvalue weighted by molar-refractivity contribution is 9.10. The largest absolute Gasteiger partial charge is 0.411 e. The first-order valence-electron chi connectivity index (χ1n) is 5.70. The molecule has 3 rings (SSSR count). The molecule has 4 heteroatoms. The van der Waals surface area contributed by atoms with E-state index < -0.39 is 0 Å². The lowest BCUT2D eigenvalue weighted by atomic mass is 9.94. The number of hydrogen-bond donors (Lipinski definition) is 1. The smallest absolute Gasteiger partial charge is 0.103 e. The molecule has 1 aromatic carbocycles. The van der Waals surface area contributed by atoms with Gasteiger partial charge in [-0.2, -0.15) is 0 Å². The van der Waals surface area contributed by atoms with E-state index in [2.05, 4.69) is 43.9 Å². The third-order valence-corrected chi connectivity index (χ3v) is 4.00. The molecule has 17 heavy (non-hydrogen) atoms. The van der Waals surface area contributed by atoms with Crippen LogP contribution < -0.4 is 0 Å². The zero-order valence-electron chi connectivity index (χ0n) is 9.57. The molecule has 0 radical (unpaired) electrons. The Morgan fingerprint density at radius 2 is 2.18 bits per heavy atom. The fourth-order valence-corrected chi connectivity index (χ4v) is 3.11. The number of rotatable bonds is 0. The van der Waals surface area contributed by atoms with Crippen molar-refractivity contribution in [2.24, 2.45) is 12.2 Å². The van der Waals surface area contributed by atoms with Crippen molar-refractivity contribution in [3.63, 3.8) is 0 Å². The predicted molar refractivity (Wildman–Crippen MR) is 71.9 cm³/mol. The van der Waals surface area contributed by atoms with Crippen molar-refractivity contribution in [1.29, 1.82) is 0 Å². The Labute approximate surface area is 108 Å². The predicted octanol–water partition coefficient (Wildman–Crippen LogP) is 3.46. The molecule has 0 atom stereocenters. The van der Waals surface area contributed by atoms with Crippen LogP contribution in [0.1, 0.15) is 24.1 Å². The Morgan fingerprint density at radius 1 is 1.35 bits per heavy atom. The number of halogens is 1. The highest BCUT2D eigenvalue weighted by Gasteiger charge is 2.23. The second kappa shape index (κ2) is 3.88. The van der Waals surface area contributed by atoms with Crippen LogP contribution in [0.25, 0.3) is 10.9 Å². The molecule has 0 fully saturated rings. The Kier molecular flexibility index (Phi) is 2.47. The second-order valence-corrected chi connectivity index (χ2v) is 5.36. The number of oxime groups is 1. The average molecular weight is 293 g/mol. The topological polar surface area (TPSA) is 37.5 Å². The van der Waals surface area contributed by atoms with E-state index in [1.54, 1.807) is 0 Å². The van der Waals surface area contributed by atoms with E-state index in [-0.39, 0.29) is 0 Å². The summed E-state index contributed by atoms with van der Waals surface area (Å²) in [5.41, 5.74) is 4.40. The van der Waals surface area contributed by atoms with Crippen molar-refractivity contribution in [2.75, 3.05) is 0 Å². The summed E-state index contributed by atoms with van der Waals surface area (Å²) >= 11 is 3.50. The lowest BCUT2D eigenvalue weighted by molar-refractivity contribution is 0.317. The van der Waals surface area contributed by atoms with E-state index in [4.69, 9.17) is 5.21 Å². The molecule has 2 aromatic rings. The maximum atomic E-state index is 9.11. The Balaban J connectivity index is 2.41. The molecule has 0 aliphatic heterocycles. The van der Waals surface area contributed by atoms with Crippen LogP contribution in [-0.2, 0) is 13.5 Å². The van der Waals surface area contributed by atoms with Gasteiger partial charge < -0.3 is 9.77 Å². The van der Waals surface area contributed by atoms with Gasteiger partial charge in [-0.1, -0.05) is 27.2 Å². The van der Waals surface area contributed by atoms with Crippen molar-refractivity contribution in [1.82, 2.24) is 4.57 Å². The Hall–Kier alpha value is -1.29. The van der Waals surface area contributed by atoms with Crippen LogP contribution in [0.15, 0.2) is 27.8 Å². The van der Waals surface area contributed by atoms with Crippen molar-refractivity contribution >= 4 is 32.5 Å². The third kappa shape index (κ3) is 1.51. The molecule has 1 aliphatic rings. The minimum Gasteiger partial charge on any atom is -0.411 e. The van der Waals surface area contributed by atoms with E-state index in [9.17, 15) is 0 Å². The zero-order valence-corrected chi connectivity index (χ0v) is 11.2. The molecule has 0 bridgehead atoms. The van der Waals surface area contributed by atoms with Gasteiger partial charge in [-0.3, -0.25) is 0 Å². The van der Waals surface area contributed by atoms with Gasteiger partial charge in [0.15, 0.2) is 0 Å². The van der Waals surface area contributed by atoms with Gasteiger partial charge in [0, 0.05) is 22.4 Å². The number of aromatic nitrogens is 1. The van der Waals surface area contributed by atoms with Crippen molar-refractivity contribution < 1.29 is 5.21 Å². The summed E-state index contributed by atoms with van der Waals surface area (Å²) in [6.45, 7) is 0. The number of benzene rings is 1. The highest BCUT2D eigenvalue weighted by Crippen LogP contribution is 2.33. The average Bonchev–Trinajstić information content (AvgIpc) is 2.63. The molecule has 1 aliphatic carbocycles. The van der Waals surface area contributed by atoms with Gasteiger partial charge in [0.2, 0.25) is 0 Å². The number of hydrogen-bond acceptors (Lipinski definition) is 2. The summed E-state index contributed by atoms with van der Waals surface area (Å²) in [6, 6.07) is 6.31. The quantitative estimate of drug-likeness (QED) is 0.586. The first-order chi connectivity index (χ1) is 8.22. The summed E-state index contributed by atoms with van der Waals surface area (Å²) in [5, 5.41) is 13.8. The summed E-state index contributed by atoms with van der Waals surface area (Å²) in [4.78, 5) is 0. The van der Waals surface area contributed by atoms with Gasteiger partial charge in [-0.25, -0.2) is 0 Å². The van der Waals surface area contributed by atoms with Gasteiger partial charge in [0.25, 0.3) is 0 Å². The van der Waals surface area contributed by atoms with E-state index in [0.717, 1.165) is 35.1 Å². The lowest BCUT2D eigenvalue weighted by Crippen LogP contribution is -2.14. The van der Waals surface area contributed by atoms with Crippen molar-refractivity contribution in [2.45, 2.75) is 19.3 Å². The molecule has 0 saturated carbocycles. The minimum atomic E-state index is 0.807. The van der Waals surface area contributed by atoms with Crippen LogP contribution >= 0.6 is 15.9 Å². The van der Waals surface area contributed by atoms with Crippen LogP contribution in [-0.4, -0.2) is 15.5 Å². The normalized spacial score (nSPS) is 17.6. The van der Waals surface area contributed by atoms with Gasteiger partial charge in [0.1, 0.15) is 5.71 Å².